The van der Waals surface area contributed by atoms with Gasteiger partial charge in [0.1, 0.15) is 0 Å². The third-order valence-corrected chi connectivity index (χ3v) is 3.60. The number of likely N-dealkylation sites (N-methyl/N-ethyl adjacent to an activating group) is 1. The van der Waals surface area contributed by atoms with Crippen molar-refractivity contribution in [1.29, 1.82) is 0 Å². The summed E-state index contributed by atoms with van der Waals surface area (Å²) in [6.07, 6.45) is 4.20. The van der Waals surface area contributed by atoms with E-state index in [1.54, 1.807) is 24.3 Å². The standard InChI is InChI=1S/C15H15N3O/c1-18-14-11(5-2-6-13(14)16)12(15(18)19)8-10-4-3-7-17-9-10/h2-7,9,12H,8,16H2,1H3. The highest BCUT2D eigenvalue weighted by molar-refractivity contribution is 6.07. The van der Waals surface area contributed by atoms with Gasteiger partial charge in [0.2, 0.25) is 5.91 Å². The quantitative estimate of drug-likeness (QED) is 0.832. The maximum atomic E-state index is 12.4. The van der Waals surface area contributed by atoms with Crippen molar-refractivity contribution in [1.82, 2.24) is 4.98 Å². The van der Waals surface area contributed by atoms with Crippen molar-refractivity contribution >= 4 is 17.3 Å². The maximum Gasteiger partial charge on any atom is 0.234 e. The van der Waals surface area contributed by atoms with E-state index in [2.05, 4.69) is 4.98 Å². The second-order valence-corrected chi connectivity index (χ2v) is 4.80. The van der Waals surface area contributed by atoms with Crippen LogP contribution in [0.5, 0.6) is 0 Å². The number of nitrogens with zero attached hydrogens (tertiary/aromatic N) is 2. The number of carbonyl (C=O) groups is 1. The molecular formula is C15H15N3O. The maximum absolute atomic E-state index is 12.4. The fourth-order valence-electron chi connectivity index (χ4n) is 2.68. The first-order valence-corrected chi connectivity index (χ1v) is 6.23. The number of rotatable bonds is 2. The minimum atomic E-state index is -0.160. The molecule has 2 heterocycles. The molecule has 1 aliphatic heterocycles. The van der Waals surface area contributed by atoms with Gasteiger partial charge in [-0.05, 0) is 29.7 Å². The van der Waals surface area contributed by atoms with Crippen LogP contribution in [0.2, 0.25) is 0 Å². The molecule has 0 saturated carbocycles. The number of nitrogen functional groups attached to an aromatic ring is 1. The Morgan fingerprint density at radius 3 is 2.89 bits per heavy atom. The molecule has 96 valence electrons. The van der Waals surface area contributed by atoms with Crippen LogP contribution in [0.25, 0.3) is 0 Å². The summed E-state index contributed by atoms with van der Waals surface area (Å²) in [5.41, 5.74) is 9.55. The molecule has 1 unspecified atom stereocenters. The van der Waals surface area contributed by atoms with E-state index in [0.717, 1.165) is 16.8 Å². The van der Waals surface area contributed by atoms with Crippen LogP contribution in [0, 0.1) is 0 Å². The lowest BCUT2D eigenvalue weighted by Crippen LogP contribution is -2.25. The predicted octanol–water partition coefficient (Wildman–Crippen LogP) is 1.97. The largest absolute Gasteiger partial charge is 0.397 e. The number of amides is 1. The summed E-state index contributed by atoms with van der Waals surface area (Å²) in [6, 6.07) is 9.59. The molecule has 2 aromatic rings. The molecule has 3 rings (SSSR count). The zero-order valence-corrected chi connectivity index (χ0v) is 10.7. The monoisotopic (exact) mass is 253 g/mol. The average molecular weight is 253 g/mol. The minimum absolute atomic E-state index is 0.0942. The van der Waals surface area contributed by atoms with Gasteiger partial charge >= 0.3 is 0 Å². The van der Waals surface area contributed by atoms with Gasteiger partial charge in [0, 0.05) is 19.4 Å². The first-order chi connectivity index (χ1) is 9.18. The Morgan fingerprint density at radius 1 is 1.32 bits per heavy atom. The average Bonchev–Trinajstić information content (AvgIpc) is 2.66. The Balaban J connectivity index is 2.00. The fraction of sp³-hybridized carbons (Fsp3) is 0.200. The summed E-state index contributed by atoms with van der Waals surface area (Å²) in [4.78, 5) is 18.1. The number of hydrogen-bond acceptors (Lipinski definition) is 3. The van der Waals surface area contributed by atoms with Gasteiger partial charge in [0.05, 0.1) is 17.3 Å². The van der Waals surface area contributed by atoms with Crippen LogP contribution in [-0.2, 0) is 11.2 Å². The molecule has 0 spiro atoms. The Kier molecular flexibility index (Phi) is 2.71. The Labute approximate surface area is 111 Å². The van der Waals surface area contributed by atoms with Crippen LogP contribution >= 0.6 is 0 Å². The van der Waals surface area contributed by atoms with E-state index in [9.17, 15) is 4.79 Å². The fourth-order valence-corrected chi connectivity index (χ4v) is 2.68. The van der Waals surface area contributed by atoms with E-state index < -0.39 is 0 Å². The zero-order chi connectivity index (χ0) is 13.4. The Morgan fingerprint density at radius 2 is 2.16 bits per heavy atom. The first-order valence-electron chi connectivity index (χ1n) is 6.23. The number of pyridine rings is 1. The molecule has 1 aromatic carbocycles. The smallest absolute Gasteiger partial charge is 0.234 e. The van der Waals surface area contributed by atoms with Crippen molar-refractivity contribution in [3.8, 4) is 0 Å². The van der Waals surface area contributed by atoms with Gasteiger partial charge in [-0.1, -0.05) is 18.2 Å². The van der Waals surface area contributed by atoms with Crippen LogP contribution in [0.15, 0.2) is 42.7 Å². The van der Waals surface area contributed by atoms with Crippen molar-refractivity contribution in [3.05, 3.63) is 53.9 Å². The molecule has 0 radical (unpaired) electrons. The van der Waals surface area contributed by atoms with E-state index in [1.807, 2.05) is 30.3 Å². The van der Waals surface area contributed by atoms with E-state index in [4.69, 9.17) is 5.73 Å². The number of nitrogens with two attached hydrogens (primary N) is 1. The second-order valence-electron chi connectivity index (χ2n) is 4.80. The minimum Gasteiger partial charge on any atom is -0.397 e. The summed E-state index contributed by atoms with van der Waals surface area (Å²) in [7, 11) is 1.78. The molecule has 1 aromatic heterocycles. The molecule has 1 amide bonds. The third kappa shape index (κ3) is 1.85. The summed E-state index contributed by atoms with van der Waals surface area (Å²) < 4.78 is 0. The van der Waals surface area contributed by atoms with E-state index in [1.165, 1.54) is 0 Å². The molecule has 19 heavy (non-hydrogen) atoms. The summed E-state index contributed by atoms with van der Waals surface area (Å²) in [5.74, 6) is -0.0653. The van der Waals surface area contributed by atoms with E-state index >= 15 is 0 Å². The number of fused-ring (bicyclic) bond motifs is 1. The van der Waals surface area contributed by atoms with Crippen LogP contribution in [0.4, 0.5) is 11.4 Å². The predicted molar refractivity (Wildman–Crippen MR) is 74.9 cm³/mol. The number of aromatic nitrogens is 1. The normalized spacial score (nSPS) is 17.6. The van der Waals surface area contributed by atoms with Crippen molar-refractivity contribution in [2.75, 3.05) is 17.7 Å². The van der Waals surface area contributed by atoms with Crippen molar-refractivity contribution in [2.24, 2.45) is 0 Å². The number of benzene rings is 1. The van der Waals surface area contributed by atoms with Crippen LogP contribution < -0.4 is 10.6 Å². The molecule has 4 nitrogen and oxygen atoms in total. The number of hydrogen-bond donors (Lipinski definition) is 1. The van der Waals surface area contributed by atoms with Crippen LogP contribution in [0.1, 0.15) is 17.0 Å². The molecule has 1 atom stereocenters. The lowest BCUT2D eigenvalue weighted by Gasteiger charge is -2.12. The van der Waals surface area contributed by atoms with Crippen molar-refractivity contribution in [3.63, 3.8) is 0 Å². The molecule has 1 aliphatic rings. The Hall–Kier alpha value is -2.36. The molecule has 0 fully saturated rings. The highest BCUT2D eigenvalue weighted by Crippen LogP contribution is 2.41. The molecule has 0 bridgehead atoms. The summed E-state index contributed by atoms with van der Waals surface area (Å²) in [5, 5.41) is 0. The molecule has 2 N–H and O–H groups in total. The number of anilines is 2. The van der Waals surface area contributed by atoms with E-state index in [-0.39, 0.29) is 11.8 Å². The lowest BCUT2D eigenvalue weighted by molar-refractivity contribution is -0.119. The molecule has 0 aliphatic carbocycles. The molecular weight excluding hydrogens is 238 g/mol. The third-order valence-electron chi connectivity index (χ3n) is 3.60. The number of para-hydroxylation sites is 1. The first kappa shape index (κ1) is 11.7. The van der Waals surface area contributed by atoms with Gasteiger partial charge in [0.25, 0.3) is 0 Å². The highest BCUT2D eigenvalue weighted by Gasteiger charge is 2.36. The highest BCUT2D eigenvalue weighted by atomic mass is 16.2. The van der Waals surface area contributed by atoms with Gasteiger partial charge in [-0.3, -0.25) is 9.78 Å². The molecule has 4 heteroatoms. The number of carbonyl (C=O) groups excluding carboxylic acids is 1. The van der Waals surface area contributed by atoms with Crippen molar-refractivity contribution in [2.45, 2.75) is 12.3 Å². The van der Waals surface area contributed by atoms with E-state index in [0.29, 0.717) is 12.1 Å². The topological polar surface area (TPSA) is 59.2 Å². The summed E-state index contributed by atoms with van der Waals surface area (Å²) in [6.45, 7) is 0. The SMILES string of the molecule is CN1C(=O)C(Cc2cccnc2)c2cccc(N)c21. The second kappa shape index (κ2) is 4.39. The van der Waals surface area contributed by atoms with Gasteiger partial charge in [0.15, 0.2) is 0 Å². The van der Waals surface area contributed by atoms with Gasteiger partial charge < -0.3 is 10.6 Å². The molecule has 0 saturated heterocycles. The van der Waals surface area contributed by atoms with Crippen LogP contribution in [0.3, 0.4) is 0 Å². The zero-order valence-electron chi connectivity index (χ0n) is 10.7. The van der Waals surface area contributed by atoms with Gasteiger partial charge in [-0.2, -0.15) is 0 Å². The van der Waals surface area contributed by atoms with Gasteiger partial charge in [-0.25, -0.2) is 0 Å². The van der Waals surface area contributed by atoms with Gasteiger partial charge in [-0.15, -0.1) is 0 Å². The lowest BCUT2D eigenvalue weighted by atomic mass is 9.93. The van der Waals surface area contributed by atoms with Crippen LogP contribution in [-0.4, -0.2) is 17.9 Å². The summed E-state index contributed by atoms with van der Waals surface area (Å²) >= 11 is 0. The van der Waals surface area contributed by atoms with Crippen molar-refractivity contribution < 1.29 is 4.79 Å². The Bertz CT molecular complexity index is 625.